The van der Waals surface area contributed by atoms with Crippen molar-refractivity contribution in [2.24, 2.45) is 0 Å². The minimum absolute atomic E-state index is 1.21. The number of aryl methyl sites for hydroxylation is 1. The van der Waals surface area contributed by atoms with Gasteiger partial charge in [0.25, 0.3) is 0 Å². The van der Waals surface area contributed by atoms with Crippen LogP contribution in [-0.4, -0.2) is 4.57 Å². The van der Waals surface area contributed by atoms with Crippen LogP contribution in [0.4, 0.5) is 0 Å². The summed E-state index contributed by atoms with van der Waals surface area (Å²) in [6, 6.07) is 30.5. The quantitative estimate of drug-likeness (QED) is 0.345. The zero-order chi connectivity index (χ0) is 16.1. The van der Waals surface area contributed by atoms with E-state index in [0.717, 1.165) is 0 Å². The molecule has 5 aromatic rings. The van der Waals surface area contributed by atoms with Crippen molar-refractivity contribution in [1.29, 1.82) is 0 Å². The Kier molecular flexibility index (Phi) is 2.77. The molecule has 0 bridgehead atoms. The normalized spacial score (nSPS) is 11.5. The first-order valence-corrected chi connectivity index (χ1v) is 8.31. The van der Waals surface area contributed by atoms with Crippen LogP contribution in [0.1, 0.15) is 5.56 Å². The number of para-hydroxylation sites is 2. The average molecular weight is 307 g/mol. The SMILES string of the molecule is Cc1cccc2c3cc4ccccc4cc3n(-c3ccccc3)c12. The molecule has 1 heterocycles. The van der Waals surface area contributed by atoms with E-state index in [0.29, 0.717) is 0 Å². The van der Waals surface area contributed by atoms with Crippen molar-refractivity contribution >= 4 is 32.6 Å². The molecule has 0 radical (unpaired) electrons. The third-order valence-corrected chi connectivity index (χ3v) is 4.87. The van der Waals surface area contributed by atoms with E-state index in [4.69, 9.17) is 0 Å². The van der Waals surface area contributed by atoms with Crippen molar-refractivity contribution < 1.29 is 0 Å². The summed E-state index contributed by atoms with van der Waals surface area (Å²) in [5.41, 5.74) is 5.08. The lowest BCUT2D eigenvalue weighted by Gasteiger charge is -2.09. The van der Waals surface area contributed by atoms with Crippen LogP contribution in [0.2, 0.25) is 0 Å². The monoisotopic (exact) mass is 307 g/mol. The van der Waals surface area contributed by atoms with Gasteiger partial charge in [0.05, 0.1) is 11.0 Å². The Bertz CT molecular complexity index is 1200. The first-order chi connectivity index (χ1) is 11.8. The largest absolute Gasteiger partial charge is 0.309 e. The van der Waals surface area contributed by atoms with Crippen LogP contribution in [0.25, 0.3) is 38.3 Å². The van der Waals surface area contributed by atoms with Crippen molar-refractivity contribution in [3.63, 3.8) is 0 Å². The van der Waals surface area contributed by atoms with Crippen LogP contribution in [0, 0.1) is 6.92 Å². The second-order valence-corrected chi connectivity index (χ2v) is 6.36. The van der Waals surface area contributed by atoms with E-state index in [-0.39, 0.29) is 0 Å². The van der Waals surface area contributed by atoms with Gasteiger partial charge in [-0.25, -0.2) is 0 Å². The summed E-state index contributed by atoms with van der Waals surface area (Å²) in [6.45, 7) is 2.19. The van der Waals surface area contributed by atoms with Gasteiger partial charge in [-0.15, -0.1) is 0 Å². The topological polar surface area (TPSA) is 4.93 Å². The van der Waals surface area contributed by atoms with Gasteiger partial charge in [0.1, 0.15) is 0 Å². The summed E-state index contributed by atoms with van der Waals surface area (Å²) >= 11 is 0. The van der Waals surface area contributed by atoms with Crippen molar-refractivity contribution in [1.82, 2.24) is 4.57 Å². The molecule has 0 atom stereocenters. The summed E-state index contributed by atoms with van der Waals surface area (Å²) in [5, 5.41) is 5.21. The summed E-state index contributed by atoms with van der Waals surface area (Å²) in [4.78, 5) is 0. The highest BCUT2D eigenvalue weighted by Gasteiger charge is 2.14. The maximum atomic E-state index is 2.40. The molecule has 1 aromatic heterocycles. The molecule has 5 rings (SSSR count). The fourth-order valence-corrected chi connectivity index (χ4v) is 3.77. The molecule has 0 N–H and O–H groups in total. The molecular weight excluding hydrogens is 290 g/mol. The molecule has 0 fully saturated rings. The second-order valence-electron chi connectivity index (χ2n) is 6.36. The first kappa shape index (κ1) is 13.4. The van der Waals surface area contributed by atoms with E-state index >= 15 is 0 Å². The fourth-order valence-electron chi connectivity index (χ4n) is 3.77. The summed E-state index contributed by atoms with van der Waals surface area (Å²) in [6.07, 6.45) is 0. The molecule has 0 amide bonds. The Morgan fingerprint density at radius 1 is 0.625 bits per heavy atom. The lowest BCUT2D eigenvalue weighted by atomic mass is 10.1. The Labute approximate surface area is 140 Å². The third-order valence-electron chi connectivity index (χ3n) is 4.87. The van der Waals surface area contributed by atoms with Gasteiger partial charge in [-0.3, -0.25) is 0 Å². The van der Waals surface area contributed by atoms with Crippen LogP contribution in [0.3, 0.4) is 0 Å². The molecule has 114 valence electrons. The van der Waals surface area contributed by atoms with E-state index in [9.17, 15) is 0 Å². The Morgan fingerprint density at radius 3 is 2.12 bits per heavy atom. The predicted molar refractivity (Wildman–Crippen MR) is 103 cm³/mol. The maximum absolute atomic E-state index is 2.40. The maximum Gasteiger partial charge on any atom is 0.0570 e. The molecular formula is C23H17N. The number of hydrogen-bond acceptors (Lipinski definition) is 0. The number of nitrogens with zero attached hydrogens (tertiary/aromatic N) is 1. The summed E-state index contributed by atoms with van der Waals surface area (Å²) < 4.78 is 2.40. The molecule has 0 aliphatic heterocycles. The van der Waals surface area contributed by atoms with E-state index in [1.165, 1.54) is 43.8 Å². The Hall–Kier alpha value is -3.06. The van der Waals surface area contributed by atoms with Gasteiger partial charge in [0, 0.05) is 16.5 Å². The molecule has 0 unspecified atom stereocenters. The number of aromatic nitrogens is 1. The lowest BCUT2D eigenvalue weighted by Crippen LogP contribution is -1.94. The van der Waals surface area contributed by atoms with Gasteiger partial charge in [-0.05, 0) is 47.5 Å². The van der Waals surface area contributed by atoms with Crippen LogP contribution < -0.4 is 0 Å². The Balaban J connectivity index is 2.06. The van der Waals surface area contributed by atoms with Crippen LogP contribution in [0.5, 0.6) is 0 Å². The average Bonchev–Trinajstić information content (AvgIpc) is 2.95. The van der Waals surface area contributed by atoms with Crippen molar-refractivity contribution in [2.75, 3.05) is 0 Å². The number of benzene rings is 4. The minimum atomic E-state index is 1.21. The highest BCUT2D eigenvalue weighted by Crippen LogP contribution is 2.36. The second kappa shape index (κ2) is 4.97. The first-order valence-electron chi connectivity index (χ1n) is 8.31. The molecule has 0 aliphatic rings. The smallest absolute Gasteiger partial charge is 0.0570 e. The molecule has 0 saturated carbocycles. The summed E-state index contributed by atoms with van der Waals surface area (Å²) in [7, 11) is 0. The molecule has 1 heteroatoms. The number of hydrogen-bond donors (Lipinski definition) is 0. The molecule has 1 nitrogen and oxygen atoms in total. The molecule has 24 heavy (non-hydrogen) atoms. The standard InChI is InChI=1S/C23H17N/c1-16-8-7-13-20-21-14-17-9-5-6-10-18(17)15-22(21)24(23(16)20)19-11-3-2-4-12-19/h2-15H,1H3. The minimum Gasteiger partial charge on any atom is -0.309 e. The van der Waals surface area contributed by atoms with Crippen molar-refractivity contribution in [2.45, 2.75) is 6.92 Å². The molecule has 0 saturated heterocycles. The lowest BCUT2D eigenvalue weighted by molar-refractivity contribution is 1.17. The van der Waals surface area contributed by atoms with Crippen LogP contribution in [-0.2, 0) is 0 Å². The van der Waals surface area contributed by atoms with Crippen molar-refractivity contribution in [3.05, 3.63) is 90.5 Å². The third kappa shape index (κ3) is 1.82. The predicted octanol–water partition coefficient (Wildman–Crippen LogP) is 6.25. The van der Waals surface area contributed by atoms with Gasteiger partial charge >= 0.3 is 0 Å². The zero-order valence-electron chi connectivity index (χ0n) is 13.5. The fraction of sp³-hybridized carbons (Fsp3) is 0.0435. The van der Waals surface area contributed by atoms with Gasteiger partial charge in [0.15, 0.2) is 0 Å². The molecule has 4 aromatic carbocycles. The van der Waals surface area contributed by atoms with E-state index in [1.54, 1.807) is 0 Å². The van der Waals surface area contributed by atoms with Gasteiger partial charge < -0.3 is 4.57 Å². The van der Waals surface area contributed by atoms with Gasteiger partial charge in [0.2, 0.25) is 0 Å². The number of rotatable bonds is 1. The zero-order valence-corrected chi connectivity index (χ0v) is 13.5. The van der Waals surface area contributed by atoms with Crippen LogP contribution in [0.15, 0.2) is 84.9 Å². The van der Waals surface area contributed by atoms with Gasteiger partial charge in [-0.2, -0.15) is 0 Å². The van der Waals surface area contributed by atoms with Gasteiger partial charge in [-0.1, -0.05) is 60.7 Å². The van der Waals surface area contributed by atoms with Crippen LogP contribution >= 0.6 is 0 Å². The highest BCUT2D eigenvalue weighted by molar-refractivity contribution is 6.14. The molecule has 0 aliphatic carbocycles. The summed E-state index contributed by atoms with van der Waals surface area (Å²) in [5.74, 6) is 0. The highest BCUT2D eigenvalue weighted by atomic mass is 15.0. The van der Waals surface area contributed by atoms with Crippen molar-refractivity contribution in [3.8, 4) is 5.69 Å². The Morgan fingerprint density at radius 2 is 1.33 bits per heavy atom. The van der Waals surface area contributed by atoms with E-state index in [1.807, 2.05) is 0 Å². The molecule has 0 spiro atoms. The van der Waals surface area contributed by atoms with E-state index in [2.05, 4.69) is 96.4 Å². The number of fused-ring (bicyclic) bond motifs is 4. The van der Waals surface area contributed by atoms with E-state index < -0.39 is 0 Å².